The van der Waals surface area contributed by atoms with Crippen molar-refractivity contribution < 1.29 is 0 Å². The zero-order chi connectivity index (χ0) is 26.6. The summed E-state index contributed by atoms with van der Waals surface area (Å²) in [5.74, 6) is 0. The number of rotatable bonds is 6. The van der Waals surface area contributed by atoms with Crippen molar-refractivity contribution in [3.05, 3.63) is 160 Å². The molecule has 1 nitrogen and oxygen atoms in total. The van der Waals surface area contributed by atoms with Crippen molar-refractivity contribution >= 4 is 28.7 Å². The third-order valence-corrected chi connectivity index (χ3v) is 7.81. The lowest BCUT2D eigenvalue weighted by Gasteiger charge is -2.30. The number of benzene rings is 5. The molecule has 0 unspecified atom stereocenters. The minimum atomic E-state index is 1.14. The molecule has 0 aliphatic heterocycles. The van der Waals surface area contributed by atoms with Crippen LogP contribution < -0.4 is 4.90 Å². The number of hydrogen-bond donors (Lipinski definition) is 0. The molecule has 1 heteroatoms. The molecule has 0 N–H and O–H groups in total. The Balaban J connectivity index is 1.42. The van der Waals surface area contributed by atoms with E-state index in [0.717, 1.165) is 6.42 Å². The van der Waals surface area contributed by atoms with Crippen LogP contribution in [0.1, 0.15) is 51.8 Å². The Hall–Kier alpha value is -4.36. The van der Waals surface area contributed by atoms with Gasteiger partial charge < -0.3 is 4.90 Å². The lowest BCUT2D eigenvalue weighted by atomic mass is 9.89. The molecule has 0 spiro atoms. The van der Waals surface area contributed by atoms with Gasteiger partial charge in [-0.3, -0.25) is 0 Å². The largest absolute Gasteiger partial charge is 0.310 e. The highest BCUT2D eigenvalue weighted by Crippen LogP contribution is 2.40. The Bertz CT molecular complexity index is 1530. The van der Waals surface area contributed by atoms with Crippen molar-refractivity contribution in [3.63, 3.8) is 0 Å². The molecule has 1 aliphatic carbocycles. The van der Waals surface area contributed by atoms with Gasteiger partial charge in [0.05, 0.1) is 0 Å². The second-order valence-corrected chi connectivity index (χ2v) is 10.7. The van der Waals surface area contributed by atoms with Gasteiger partial charge >= 0.3 is 0 Å². The maximum Gasteiger partial charge on any atom is 0.0496 e. The van der Waals surface area contributed by atoms with Crippen LogP contribution in [0.4, 0.5) is 17.1 Å². The van der Waals surface area contributed by atoms with Crippen molar-refractivity contribution in [3.8, 4) is 0 Å². The highest BCUT2D eigenvalue weighted by atomic mass is 15.1. The van der Waals surface area contributed by atoms with E-state index in [-0.39, 0.29) is 0 Å². The van der Waals surface area contributed by atoms with Gasteiger partial charge in [0, 0.05) is 17.1 Å². The van der Waals surface area contributed by atoms with Crippen molar-refractivity contribution in [2.24, 2.45) is 0 Å². The minimum absolute atomic E-state index is 1.14. The summed E-state index contributed by atoms with van der Waals surface area (Å²) in [6.07, 6.45) is 7.18. The fraction of sp³-hybridized carbons (Fsp3) is 0.158. The van der Waals surface area contributed by atoms with Crippen molar-refractivity contribution in [1.82, 2.24) is 0 Å². The molecule has 0 saturated carbocycles. The van der Waals surface area contributed by atoms with E-state index in [1.165, 1.54) is 80.8 Å². The average Bonchev–Trinajstić information content (AvgIpc) is 2.99. The predicted molar refractivity (Wildman–Crippen MR) is 167 cm³/mol. The maximum absolute atomic E-state index is 2.43. The molecular weight excluding hydrogens is 470 g/mol. The molecule has 0 radical (unpaired) electrons. The van der Waals surface area contributed by atoms with Crippen LogP contribution in [0.3, 0.4) is 0 Å². The SMILES string of the molecule is Cc1ccc(C(=Cc2ccc(N(c3ccccc3)c3cccc4c3CCCC4)cc2)c2ccc(C)cc2)cc1. The number of nitrogens with zero attached hydrogens (tertiary/aromatic N) is 1. The van der Waals surface area contributed by atoms with Crippen LogP contribution in [0.5, 0.6) is 0 Å². The number of hydrogen-bond acceptors (Lipinski definition) is 1. The van der Waals surface area contributed by atoms with E-state index in [0.29, 0.717) is 0 Å². The number of anilines is 3. The smallest absolute Gasteiger partial charge is 0.0496 e. The molecule has 0 atom stereocenters. The summed E-state index contributed by atoms with van der Waals surface area (Å²) < 4.78 is 0. The average molecular weight is 506 g/mol. The van der Waals surface area contributed by atoms with Gasteiger partial charge in [0.15, 0.2) is 0 Å². The topological polar surface area (TPSA) is 3.24 Å². The molecule has 6 rings (SSSR count). The minimum Gasteiger partial charge on any atom is -0.310 e. The normalized spacial score (nSPS) is 12.5. The van der Waals surface area contributed by atoms with Gasteiger partial charge in [-0.15, -0.1) is 0 Å². The fourth-order valence-corrected chi connectivity index (χ4v) is 5.66. The highest BCUT2D eigenvalue weighted by Gasteiger charge is 2.20. The molecule has 0 amide bonds. The second-order valence-electron chi connectivity index (χ2n) is 10.7. The Kier molecular flexibility index (Phi) is 7.15. The first-order valence-electron chi connectivity index (χ1n) is 14.1. The Morgan fingerprint density at radius 1 is 0.564 bits per heavy atom. The quantitative estimate of drug-likeness (QED) is 0.207. The van der Waals surface area contributed by atoms with Gasteiger partial charge in [0.2, 0.25) is 0 Å². The maximum atomic E-state index is 2.43. The first-order chi connectivity index (χ1) is 19.2. The highest BCUT2D eigenvalue weighted by molar-refractivity contribution is 5.92. The van der Waals surface area contributed by atoms with Gasteiger partial charge in [-0.05, 0) is 109 Å². The molecule has 5 aromatic carbocycles. The lowest BCUT2D eigenvalue weighted by Crippen LogP contribution is -2.15. The number of fused-ring (bicyclic) bond motifs is 1. The van der Waals surface area contributed by atoms with E-state index in [1.54, 1.807) is 0 Å². The predicted octanol–water partition coefficient (Wildman–Crippen LogP) is 10.2. The summed E-state index contributed by atoms with van der Waals surface area (Å²) >= 11 is 0. The van der Waals surface area contributed by atoms with Crippen molar-refractivity contribution in [2.45, 2.75) is 39.5 Å². The molecule has 5 aromatic rings. The molecule has 0 aromatic heterocycles. The van der Waals surface area contributed by atoms with Crippen LogP contribution in [-0.4, -0.2) is 0 Å². The van der Waals surface area contributed by atoms with E-state index in [9.17, 15) is 0 Å². The first-order valence-corrected chi connectivity index (χ1v) is 14.1. The van der Waals surface area contributed by atoms with Gasteiger partial charge in [0.25, 0.3) is 0 Å². The summed E-state index contributed by atoms with van der Waals surface area (Å²) in [5.41, 5.74) is 14.1. The second kappa shape index (κ2) is 11.2. The fourth-order valence-electron chi connectivity index (χ4n) is 5.66. The summed E-state index contributed by atoms with van der Waals surface area (Å²) in [6, 6.07) is 44.3. The zero-order valence-electron chi connectivity index (χ0n) is 22.9. The van der Waals surface area contributed by atoms with E-state index >= 15 is 0 Å². The molecule has 0 fully saturated rings. The molecule has 192 valence electrons. The van der Waals surface area contributed by atoms with Gasteiger partial charge in [-0.25, -0.2) is 0 Å². The van der Waals surface area contributed by atoms with E-state index < -0.39 is 0 Å². The van der Waals surface area contributed by atoms with Crippen molar-refractivity contribution in [1.29, 1.82) is 0 Å². The summed E-state index contributed by atoms with van der Waals surface area (Å²) in [7, 11) is 0. The van der Waals surface area contributed by atoms with Gasteiger partial charge in [-0.1, -0.05) is 102 Å². The van der Waals surface area contributed by atoms with Crippen LogP contribution in [0.25, 0.3) is 11.6 Å². The summed E-state index contributed by atoms with van der Waals surface area (Å²) in [4.78, 5) is 2.43. The molecule has 0 heterocycles. The first kappa shape index (κ1) is 24.9. The van der Waals surface area contributed by atoms with Crippen LogP contribution in [0.2, 0.25) is 0 Å². The number of aryl methyl sites for hydroxylation is 3. The lowest BCUT2D eigenvalue weighted by molar-refractivity contribution is 0.686. The standard InChI is InChI=1S/C38H35N/c1-28-15-21-32(22-16-28)37(33-23-17-29(2)18-24-33)27-30-19-25-35(26-20-30)39(34-11-4-3-5-12-34)38-14-8-10-31-9-6-7-13-36(31)38/h3-5,8,10-12,14-27H,6-7,9,13H2,1-2H3. The molecule has 1 aliphatic rings. The Morgan fingerprint density at radius 3 is 1.79 bits per heavy atom. The van der Waals surface area contributed by atoms with Crippen LogP contribution in [-0.2, 0) is 12.8 Å². The summed E-state index contributed by atoms with van der Waals surface area (Å²) in [5, 5.41) is 0. The van der Waals surface area contributed by atoms with E-state index in [2.05, 4.69) is 146 Å². The third kappa shape index (κ3) is 5.45. The van der Waals surface area contributed by atoms with E-state index in [1.807, 2.05) is 0 Å². The Morgan fingerprint density at radius 2 is 1.15 bits per heavy atom. The molecular formula is C38H35N. The zero-order valence-corrected chi connectivity index (χ0v) is 22.9. The molecule has 0 saturated heterocycles. The van der Waals surface area contributed by atoms with E-state index in [4.69, 9.17) is 0 Å². The van der Waals surface area contributed by atoms with Gasteiger partial charge in [0.1, 0.15) is 0 Å². The van der Waals surface area contributed by atoms with Crippen LogP contribution in [0, 0.1) is 13.8 Å². The van der Waals surface area contributed by atoms with Crippen molar-refractivity contribution in [2.75, 3.05) is 4.90 Å². The number of para-hydroxylation sites is 1. The molecule has 39 heavy (non-hydrogen) atoms. The third-order valence-electron chi connectivity index (χ3n) is 7.81. The van der Waals surface area contributed by atoms with Crippen LogP contribution in [0.15, 0.2) is 121 Å². The molecule has 0 bridgehead atoms. The monoisotopic (exact) mass is 505 g/mol. The summed E-state index contributed by atoms with van der Waals surface area (Å²) in [6.45, 7) is 4.28. The van der Waals surface area contributed by atoms with Gasteiger partial charge in [-0.2, -0.15) is 0 Å². The Labute approximate surface area is 233 Å². The van der Waals surface area contributed by atoms with Crippen LogP contribution >= 0.6 is 0 Å².